The Bertz CT molecular complexity index is 1250. The number of hydrogen-bond donors (Lipinski definition) is 1. The lowest BCUT2D eigenvalue weighted by Crippen LogP contribution is -2.23. The zero-order valence-corrected chi connectivity index (χ0v) is 18.4. The summed E-state index contributed by atoms with van der Waals surface area (Å²) >= 11 is 0. The monoisotopic (exact) mass is 459 g/mol. The molecule has 12 heteroatoms. The molecule has 1 aromatic heterocycles. The molecule has 0 saturated heterocycles. The first-order chi connectivity index (χ1) is 15.1. The molecular formula is C20H21N5O6S. The molecule has 0 aliphatic carbocycles. The van der Waals surface area contributed by atoms with E-state index in [4.69, 9.17) is 4.74 Å². The highest BCUT2D eigenvalue weighted by atomic mass is 32.2. The first-order valence-electron chi connectivity index (χ1n) is 9.43. The second-order valence-corrected chi connectivity index (χ2v) is 8.90. The number of nitro groups is 1. The second kappa shape index (κ2) is 9.16. The molecule has 32 heavy (non-hydrogen) atoms. The predicted molar refractivity (Wildman–Crippen MR) is 117 cm³/mol. The van der Waals surface area contributed by atoms with Crippen molar-refractivity contribution in [2.24, 2.45) is 0 Å². The van der Waals surface area contributed by atoms with Crippen LogP contribution < -0.4 is 10.1 Å². The van der Waals surface area contributed by atoms with E-state index in [-0.39, 0.29) is 34.2 Å². The van der Waals surface area contributed by atoms with Crippen LogP contribution in [0.15, 0.2) is 59.8 Å². The Morgan fingerprint density at radius 1 is 1.22 bits per heavy atom. The molecule has 0 radical (unpaired) electrons. The first-order valence-corrected chi connectivity index (χ1v) is 10.9. The van der Waals surface area contributed by atoms with Crippen LogP contribution in [0.4, 0.5) is 11.4 Å². The zero-order valence-electron chi connectivity index (χ0n) is 17.5. The van der Waals surface area contributed by atoms with Crippen LogP contribution in [0, 0.1) is 10.1 Å². The van der Waals surface area contributed by atoms with Crippen LogP contribution >= 0.6 is 0 Å². The van der Waals surface area contributed by atoms with Crippen molar-refractivity contribution in [2.45, 2.75) is 11.8 Å². The predicted octanol–water partition coefficient (Wildman–Crippen LogP) is 2.68. The number of nitrogens with one attached hydrogen (secondary N) is 1. The Kier molecular flexibility index (Phi) is 6.55. The average Bonchev–Trinajstić information content (AvgIpc) is 3.25. The summed E-state index contributed by atoms with van der Waals surface area (Å²) in [6.45, 7) is 2.02. The van der Waals surface area contributed by atoms with Gasteiger partial charge in [0.25, 0.3) is 11.6 Å². The summed E-state index contributed by atoms with van der Waals surface area (Å²) in [5, 5.41) is 17.5. The molecule has 0 bridgehead atoms. The van der Waals surface area contributed by atoms with Gasteiger partial charge in [-0.05, 0) is 37.3 Å². The fourth-order valence-electron chi connectivity index (χ4n) is 2.77. The van der Waals surface area contributed by atoms with E-state index < -0.39 is 20.9 Å². The van der Waals surface area contributed by atoms with Crippen LogP contribution in [0.25, 0.3) is 5.69 Å². The van der Waals surface area contributed by atoms with Crippen molar-refractivity contribution in [2.75, 3.05) is 26.0 Å². The van der Waals surface area contributed by atoms with Crippen molar-refractivity contribution in [3.63, 3.8) is 0 Å². The van der Waals surface area contributed by atoms with Crippen LogP contribution in [-0.4, -0.2) is 54.0 Å². The number of carbonyl (C=O) groups is 1. The van der Waals surface area contributed by atoms with E-state index in [1.54, 1.807) is 13.0 Å². The van der Waals surface area contributed by atoms with Crippen molar-refractivity contribution in [1.29, 1.82) is 0 Å². The molecule has 0 atom stereocenters. The summed E-state index contributed by atoms with van der Waals surface area (Å²) in [6.07, 6.45) is 2.80. The number of benzene rings is 2. The largest absolute Gasteiger partial charge is 0.492 e. The number of ether oxygens (including phenoxy) is 1. The van der Waals surface area contributed by atoms with Gasteiger partial charge in [0.15, 0.2) is 0 Å². The molecule has 0 aliphatic rings. The average molecular weight is 459 g/mol. The summed E-state index contributed by atoms with van der Waals surface area (Å²) in [5.74, 6) is -0.319. The minimum absolute atomic E-state index is 0.0575. The summed E-state index contributed by atoms with van der Waals surface area (Å²) in [7, 11) is -0.990. The van der Waals surface area contributed by atoms with Crippen LogP contribution in [0.5, 0.6) is 5.75 Å². The van der Waals surface area contributed by atoms with E-state index in [0.29, 0.717) is 5.69 Å². The number of rotatable bonds is 8. The quantitative estimate of drug-likeness (QED) is 0.404. The highest BCUT2D eigenvalue weighted by molar-refractivity contribution is 7.89. The number of nitrogens with zero attached hydrogens (tertiary/aromatic N) is 4. The third-order valence-corrected chi connectivity index (χ3v) is 6.27. The van der Waals surface area contributed by atoms with Gasteiger partial charge in [0, 0.05) is 38.1 Å². The van der Waals surface area contributed by atoms with Gasteiger partial charge in [-0.2, -0.15) is 5.10 Å². The summed E-state index contributed by atoms with van der Waals surface area (Å²) in [6, 6.07) is 10.1. The molecule has 0 spiro atoms. The number of nitro benzene ring substituents is 1. The lowest BCUT2D eigenvalue weighted by atomic mass is 10.2. The molecule has 0 fully saturated rings. The molecule has 0 aliphatic heterocycles. The van der Waals surface area contributed by atoms with Crippen molar-refractivity contribution in [1.82, 2.24) is 14.1 Å². The maximum Gasteiger partial charge on any atom is 0.269 e. The maximum absolute atomic E-state index is 12.7. The standard InChI is InChI=1S/C20H21N5O6S/c1-4-31-18-10-5-15(11-19(18)32(29,30)23(2)3)22-20(26)14-12-21-24(13-14)16-6-8-17(9-7-16)25(27)28/h5-13H,4H2,1-3H3,(H,22,26). The van der Waals surface area contributed by atoms with Crippen molar-refractivity contribution in [3.05, 3.63) is 70.5 Å². The minimum Gasteiger partial charge on any atom is -0.492 e. The van der Waals surface area contributed by atoms with E-state index in [1.165, 1.54) is 67.6 Å². The number of non-ortho nitro benzene ring substituents is 1. The fourth-order valence-corrected chi connectivity index (χ4v) is 3.82. The van der Waals surface area contributed by atoms with Gasteiger partial charge in [0.05, 0.1) is 29.0 Å². The molecule has 2 aromatic carbocycles. The van der Waals surface area contributed by atoms with Crippen LogP contribution in [0.3, 0.4) is 0 Å². The Morgan fingerprint density at radius 2 is 1.91 bits per heavy atom. The van der Waals surface area contributed by atoms with Gasteiger partial charge in [-0.15, -0.1) is 0 Å². The normalized spacial score (nSPS) is 11.4. The van der Waals surface area contributed by atoms with Gasteiger partial charge in [0.2, 0.25) is 10.0 Å². The number of amides is 1. The van der Waals surface area contributed by atoms with Crippen LogP contribution in [0.1, 0.15) is 17.3 Å². The highest BCUT2D eigenvalue weighted by Gasteiger charge is 2.23. The van der Waals surface area contributed by atoms with Gasteiger partial charge < -0.3 is 10.1 Å². The lowest BCUT2D eigenvalue weighted by Gasteiger charge is -2.16. The number of anilines is 1. The van der Waals surface area contributed by atoms with E-state index in [0.717, 1.165) is 4.31 Å². The SMILES string of the molecule is CCOc1ccc(NC(=O)c2cnn(-c3ccc([N+](=O)[O-])cc3)c2)cc1S(=O)(=O)N(C)C. The Hall–Kier alpha value is -3.77. The van der Waals surface area contributed by atoms with E-state index >= 15 is 0 Å². The minimum atomic E-state index is -3.80. The van der Waals surface area contributed by atoms with Crippen molar-refractivity contribution < 1.29 is 22.9 Å². The maximum atomic E-state index is 12.7. The summed E-state index contributed by atoms with van der Waals surface area (Å²) in [5.41, 5.74) is 0.962. The molecule has 1 N–H and O–H groups in total. The van der Waals surface area contributed by atoms with Gasteiger partial charge in [-0.25, -0.2) is 17.4 Å². The highest BCUT2D eigenvalue weighted by Crippen LogP contribution is 2.29. The molecule has 168 valence electrons. The summed E-state index contributed by atoms with van der Waals surface area (Å²) in [4.78, 5) is 22.9. The van der Waals surface area contributed by atoms with Crippen LogP contribution in [0.2, 0.25) is 0 Å². The Morgan fingerprint density at radius 3 is 2.50 bits per heavy atom. The number of carbonyl (C=O) groups excluding carboxylic acids is 1. The third kappa shape index (κ3) is 4.76. The lowest BCUT2D eigenvalue weighted by molar-refractivity contribution is -0.384. The molecular weight excluding hydrogens is 438 g/mol. The zero-order chi connectivity index (χ0) is 23.5. The smallest absolute Gasteiger partial charge is 0.269 e. The van der Waals surface area contributed by atoms with Gasteiger partial charge >= 0.3 is 0 Å². The second-order valence-electron chi connectivity index (χ2n) is 6.78. The van der Waals surface area contributed by atoms with Gasteiger partial charge in [0.1, 0.15) is 10.6 Å². The van der Waals surface area contributed by atoms with Gasteiger partial charge in [-0.1, -0.05) is 0 Å². The van der Waals surface area contributed by atoms with Crippen molar-refractivity contribution in [3.8, 4) is 11.4 Å². The molecule has 1 amide bonds. The van der Waals surface area contributed by atoms with Gasteiger partial charge in [-0.3, -0.25) is 14.9 Å². The Labute approximate surface area is 184 Å². The molecule has 3 rings (SSSR count). The fraction of sp³-hybridized carbons (Fsp3) is 0.200. The molecule has 0 saturated carbocycles. The molecule has 3 aromatic rings. The van der Waals surface area contributed by atoms with Crippen molar-refractivity contribution >= 4 is 27.3 Å². The third-order valence-electron chi connectivity index (χ3n) is 4.43. The number of aromatic nitrogens is 2. The number of hydrogen-bond acceptors (Lipinski definition) is 7. The topological polar surface area (TPSA) is 137 Å². The molecule has 0 unspecified atom stereocenters. The Balaban J connectivity index is 1.84. The summed E-state index contributed by atoms with van der Waals surface area (Å²) < 4.78 is 33.2. The van der Waals surface area contributed by atoms with E-state index in [1.807, 2.05) is 0 Å². The van der Waals surface area contributed by atoms with E-state index in [2.05, 4.69) is 10.4 Å². The molecule has 11 nitrogen and oxygen atoms in total. The van der Waals surface area contributed by atoms with Crippen LogP contribution in [-0.2, 0) is 10.0 Å². The first kappa shape index (κ1) is 22.9. The number of sulfonamides is 1. The van der Waals surface area contributed by atoms with E-state index in [9.17, 15) is 23.3 Å². The molecule has 1 heterocycles.